The maximum absolute atomic E-state index is 12.0. The lowest BCUT2D eigenvalue weighted by Crippen LogP contribution is -2.23. The maximum Gasteiger partial charge on any atom is 0.272 e. The summed E-state index contributed by atoms with van der Waals surface area (Å²) in [6.07, 6.45) is 1.55. The van der Waals surface area contributed by atoms with Gasteiger partial charge in [-0.05, 0) is 42.5 Å². The molecule has 2 heterocycles. The van der Waals surface area contributed by atoms with Crippen molar-refractivity contribution in [3.8, 4) is 5.75 Å². The highest BCUT2D eigenvalue weighted by molar-refractivity contribution is 6.31. The number of halogens is 1. The molecule has 3 aromatic rings. The van der Waals surface area contributed by atoms with Crippen LogP contribution >= 0.6 is 11.6 Å². The highest BCUT2D eigenvalue weighted by Gasteiger charge is 2.10. The highest BCUT2D eigenvalue weighted by Crippen LogP contribution is 2.29. The Morgan fingerprint density at radius 1 is 1.24 bits per heavy atom. The molecule has 0 aliphatic rings. The van der Waals surface area contributed by atoms with Gasteiger partial charge in [-0.3, -0.25) is 4.79 Å². The van der Waals surface area contributed by atoms with E-state index in [0.717, 1.165) is 0 Å². The molecule has 1 aromatic carbocycles. The van der Waals surface area contributed by atoms with Crippen molar-refractivity contribution in [1.82, 2.24) is 15.5 Å². The van der Waals surface area contributed by atoms with Crippen LogP contribution in [0.1, 0.15) is 16.2 Å². The number of anilines is 2. The SMILES string of the molecule is COc1ccc(Cl)cc1Nc1ccc(C(=O)NCc2ccco2)nn1. The third-order valence-electron chi connectivity index (χ3n) is 3.32. The summed E-state index contributed by atoms with van der Waals surface area (Å²) in [6, 6.07) is 11.9. The first kappa shape index (κ1) is 16.8. The summed E-state index contributed by atoms with van der Waals surface area (Å²) >= 11 is 5.99. The summed E-state index contributed by atoms with van der Waals surface area (Å²) < 4.78 is 10.4. The van der Waals surface area contributed by atoms with Crippen molar-refractivity contribution >= 4 is 29.0 Å². The molecule has 7 nitrogen and oxygen atoms in total. The second-order valence-corrected chi connectivity index (χ2v) is 5.47. The Kier molecular flexibility index (Phi) is 5.15. The molecule has 2 N–H and O–H groups in total. The number of nitrogens with one attached hydrogen (secondary N) is 2. The van der Waals surface area contributed by atoms with Crippen molar-refractivity contribution in [3.05, 3.63) is 65.2 Å². The predicted octanol–water partition coefficient (Wildman–Crippen LogP) is 3.41. The van der Waals surface area contributed by atoms with Crippen LogP contribution in [0.3, 0.4) is 0 Å². The van der Waals surface area contributed by atoms with Crippen LogP contribution in [0.5, 0.6) is 5.75 Å². The van der Waals surface area contributed by atoms with Crippen LogP contribution in [-0.4, -0.2) is 23.2 Å². The molecule has 1 amide bonds. The topological polar surface area (TPSA) is 89.3 Å². The van der Waals surface area contributed by atoms with E-state index in [1.54, 1.807) is 55.8 Å². The van der Waals surface area contributed by atoms with E-state index in [1.165, 1.54) is 0 Å². The van der Waals surface area contributed by atoms with Gasteiger partial charge in [-0.15, -0.1) is 10.2 Å². The van der Waals surface area contributed by atoms with E-state index in [0.29, 0.717) is 28.0 Å². The van der Waals surface area contributed by atoms with Crippen molar-refractivity contribution < 1.29 is 13.9 Å². The van der Waals surface area contributed by atoms with E-state index < -0.39 is 0 Å². The van der Waals surface area contributed by atoms with Gasteiger partial charge in [0, 0.05) is 5.02 Å². The first-order valence-corrected chi connectivity index (χ1v) is 7.78. The Hall–Kier alpha value is -3.06. The number of carbonyl (C=O) groups excluding carboxylic acids is 1. The van der Waals surface area contributed by atoms with Crippen molar-refractivity contribution in [2.45, 2.75) is 6.54 Å². The van der Waals surface area contributed by atoms with Crippen LogP contribution in [0.2, 0.25) is 5.02 Å². The van der Waals surface area contributed by atoms with Gasteiger partial charge in [-0.25, -0.2) is 0 Å². The molecule has 0 atom stereocenters. The third kappa shape index (κ3) is 4.27. The number of benzene rings is 1. The van der Waals surface area contributed by atoms with Crippen molar-refractivity contribution in [1.29, 1.82) is 0 Å². The van der Waals surface area contributed by atoms with Crippen LogP contribution < -0.4 is 15.4 Å². The van der Waals surface area contributed by atoms with E-state index in [1.807, 2.05) is 0 Å². The second-order valence-electron chi connectivity index (χ2n) is 5.04. The Morgan fingerprint density at radius 3 is 2.80 bits per heavy atom. The summed E-state index contributed by atoms with van der Waals surface area (Å²) in [4.78, 5) is 12.0. The predicted molar refractivity (Wildman–Crippen MR) is 93.2 cm³/mol. The highest BCUT2D eigenvalue weighted by atomic mass is 35.5. The van der Waals surface area contributed by atoms with Gasteiger partial charge in [0.1, 0.15) is 11.5 Å². The third-order valence-corrected chi connectivity index (χ3v) is 3.56. The minimum atomic E-state index is -0.337. The van der Waals surface area contributed by atoms with Crippen molar-refractivity contribution in [3.63, 3.8) is 0 Å². The fourth-order valence-corrected chi connectivity index (χ4v) is 2.28. The zero-order chi connectivity index (χ0) is 17.6. The summed E-state index contributed by atoms with van der Waals surface area (Å²) in [5.74, 6) is 1.40. The van der Waals surface area contributed by atoms with Crippen LogP contribution in [0.25, 0.3) is 0 Å². The zero-order valence-electron chi connectivity index (χ0n) is 13.3. The normalized spacial score (nSPS) is 10.3. The monoisotopic (exact) mass is 358 g/mol. The quantitative estimate of drug-likeness (QED) is 0.702. The molecule has 2 aromatic heterocycles. The zero-order valence-corrected chi connectivity index (χ0v) is 14.1. The summed E-state index contributed by atoms with van der Waals surface area (Å²) in [5, 5.41) is 14.2. The molecule has 25 heavy (non-hydrogen) atoms. The number of nitrogens with zero attached hydrogens (tertiary/aromatic N) is 2. The summed E-state index contributed by atoms with van der Waals surface area (Å²) in [6.45, 7) is 0.285. The number of hydrogen-bond donors (Lipinski definition) is 2. The van der Waals surface area contributed by atoms with Crippen LogP contribution in [0.4, 0.5) is 11.5 Å². The molecule has 0 fully saturated rings. The fourth-order valence-electron chi connectivity index (χ4n) is 2.11. The van der Waals surface area contributed by atoms with E-state index in [9.17, 15) is 4.79 Å². The molecule has 0 saturated carbocycles. The van der Waals surface area contributed by atoms with Crippen molar-refractivity contribution in [2.24, 2.45) is 0 Å². The number of rotatable bonds is 6. The van der Waals surface area contributed by atoms with Gasteiger partial charge in [-0.2, -0.15) is 0 Å². The van der Waals surface area contributed by atoms with E-state index >= 15 is 0 Å². The van der Waals surface area contributed by atoms with Gasteiger partial charge in [0.15, 0.2) is 11.5 Å². The van der Waals surface area contributed by atoms with Crippen molar-refractivity contribution in [2.75, 3.05) is 12.4 Å². The number of carbonyl (C=O) groups is 1. The average Bonchev–Trinajstić information content (AvgIpc) is 3.14. The van der Waals surface area contributed by atoms with Gasteiger partial charge < -0.3 is 19.8 Å². The molecule has 0 unspecified atom stereocenters. The Balaban J connectivity index is 1.66. The second kappa shape index (κ2) is 7.67. The van der Waals surface area contributed by atoms with Crippen LogP contribution in [0.15, 0.2) is 53.1 Å². The molecule has 8 heteroatoms. The molecule has 0 saturated heterocycles. The lowest BCUT2D eigenvalue weighted by atomic mass is 10.3. The minimum absolute atomic E-state index is 0.204. The maximum atomic E-state index is 12.0. The number of aromatic nitrogens is 2. The van der Waals surface area contributed by atoms with Gasteiger partial charge >= 0.3 is 0 Å². The number of ether oxygens (including phenoxy) is 1. The first-order valence-electron chi connectivity index (χ1n) is 7.40. The molecule has 3 rings (SSSR count). The number of hydrogen-bond acceptors (Lipinski definition) is 6. The van der Waals surface area contributed by atoms with E-state index in [-0.39, 0.29) is 18.1 Å². The first-order chi connectivity index (χ1) is 12.2. The molecule has 0 bridgehead atoms. The molecule has 128 valence electrons. The minimum Gasteiger partial charge on any atom is -0.495 e. The molecule has 0 spiro atoms. The molecule has 0 aliphatic heterocycles. The Bertz CT molecular complexity index is 851. The molecular formula is C17H15ClN4O3. The van der Waals surface area contributed by atoms with Crippen LogP contribution in [-0.2, 0) is 6.54 Å². The number of amides is 1. The largest absolute Gasteiger partial charge is 0.495 e. The smallest absolute Gasteiger partial charge is 0.272 e. The molecular weight excluding hydrogens is 344 g/mol. The summed E-state index contributed by atoms with van der Waals surface area (Å²) in [7, 11) is 1.56. The molecule has 0 radical (unpaired) electrons. The number of methoxy groups -OCH3 is 1. The summed E-state index contributed by atoms with van der Waals surface area (Å²) in [5.41, 5.74) is 0.856. The Labute approximate surface area is 149 Å². The van der Waals surface area contributed by atoms with Gasteiger partial charge in [0.25, 0.3) is 5.91 Å². The van der Waals surface area contributed by atoms with Gasteiger partial charge in [-0.1, -0.05) is 11.6 Å². The number of furan rings is 1. The molecule has 0 aliphatic carbocycles. The van der Waals surface area contributed by atoms with E-state index in [2.05, 4.69) is 20.8 Å². The lowest BCUT2D eigenvalue weighted by molar-refractivity contribution is 0.0942. The standard InChI is InChI=1S/C17H15ClN4O3/c1-24-15-6-4-11(18)9-14(15)20-16-7-5-13(21-22-16)17(23)19-10-12-3-2-8-25-12/h2-9H,10H2,1H3,(H,19,23)(H,20,22). The average molecular weight is 359 g/mol. The van der Waals surface area contributed by atoms with Gasteiger partial charge in [0.05, 0.1) is 25.6 Å². The lowest BCUT2D eigenvalue weighted by Gasteiger charge is -2.10. The fraction of sp³-hybridized carbons (Fsp3) is 0.118. The van der Waals surface area contributed by atoms with Crippen LogP contribution in [0, 0.1) is 0 Å². The van der Waals surface area contributed by atoms with Gasteiger partial charge in [0.2, 0.25) is 0 Å². The van der Waals surface area contributed by atoms with E-state index in [4.69, 9.17) is 20.8 Å². The Morgan fingerprint density at radius 2 is 2.12 bits per heavy atom.